The Labute approximate surface area is 127 Å². The van der Waals surface area contributed by atoms with E-state index >= 15 is 0 Å². The Bertz CT molecular complexity index is 739. The summed E-state index contributed by atoms with van der Waals surface area (Å²) in [5.74, 6) is 0.0837. The van der Waals surface area contributed by atoms with Crippen molar-refractivity contribution in [3.63, 3.8) is 0 Å². The van der Waals surface area contributed by atoms with Gasteiger partial charge in [-0.3, -0.25) is 9.69 Å². The summed E-state index contributed by atoms with van der Waals surface area (Å²) in [6.45, 7) is 2.40. The summed E-state index contributed by atoms with van der Waals surface area (Å²) in [5, 5.41) is 1.13. The third kappa shape index (κ3) is 2.11. The van der Waals surface area contributed by atoms with Crippen LogP contribution in [0.1, 0.15) is 0 Å². The lowest BCUT2D eigenvalue weighted by atomic mass is 10.2. The zero-order valence-corrected chi connectivity index (χ0v) is 12.1. The second-order valence-electron chi connectivity index (χ2n) is 5.77. The third-order valence-electron chi connectivity index (χ3n) is 4.45. The van der Waals surface area contributed by atoms with Crippen LogP contribution in [0.3, 0.4) is 0 Å². The van der Waals surface area contributed by atoms with Gasteiger partial charge in [0.1, 0.15) is 13.2 Å². The van der Waals surface area contributed by atoms with Gasteiger partial charge in [-0.15, -0.1) is 0 Å². The van der Waals surface area contributed by atoms with Crippen LogP contribution in [0, 0.1) is 0 Å². The highest BCUT2D eigenvalue weighted by Crippen LogP contribution is 2.19. The van der Waals surface area contributed by atoms with E-state index in [1.165, 1.54) is 0 Å². The monoisotopic (exact) mass is 299 g/mol. The molecule has 4 rings (SSSR count). The minimum absolute atomic E-state index is 0.00612. The van der Waals surface area contributed by atoms with Crippen LogP contribution >= 0.6 is 0 Å². The summed E-state index contributed by atoms with van der Waals surface area (Å²) in [7, 11) is 0. The van der Waals surface area contributed by atoms with Gasteiger partial charge in [0.2, 0.25) is 5.91 Å². The van der Waals surface area contributed by atoms with Crippen molar-refractivity contribution in [3.8, 4) is 0 Å². The number of rotatable bonds is 2. The van der Waals surface area contributed by atoms with E-state index in [1.54, 1.807) is 4.90 Å². The lowest BCUT2D eigenvalue weighted by Gasteiger charge is -2.35. The largest absolute Gasteiger partial charge is 0.447 e. The predicted molar refractivity (Wildman–Crippen MR) is 80.4 cm³/mol. The van der Waals surface area contributed by atoms with Gasteiger partial charge in [-0.1, -0.05) is 18.2 Å². The maximum absolute atomic E-state index is 12.5. The minimum Gasteiger partial charge on any atom is -0.447 e. The van der Waals surface area contributed by atoms with Crippen LogP contribution in [0.4, 0.5) is 4.79 Å². The van der Waals surface area contributed by atoms with Crippen LogP contribution in [0.2, 0.25) is 0 Å². The Morgan fingerprint density at radius 2 is 2.09 bits per heavy atom. The molecule has 0 aliphatic carbocycles. The fraction of sp³-hybridized carbons (Fsp3) is 0.375. The summed E-state index contributed by atoms with van der Waals surface area (Å²) < 4.78 is 7.01. The quantitative estimate of drug-likeness (QED) is 0.840. The van der Waals surface area contributed by atoms with Gasteiger partial charge in [-0.2, -0.15) is 0 Å². The molecule has 2 fully saturated rings. The van der Waals surface area contributed by atoms with Crippen molar-refractivity contribution >= 4 is 22.9 Å². The van der Waals surface area contributed by atoms with E-state index in [2.05, 4.69) is 0 Å². The molecule has 0 unspecified atom stereocenters. The summed E-state index contributed by atoms with van der Waals surface area (Å²) in [6, 6.07) is 10.0. The number of carbonyl (C=O) groups excluding carboxylic acids is 2. The van der Waals surface area contributed by atoms with E-state index in [0.717, 1.165) is 10.9 Å². The molecule has 114 valence electrons. The van der Waals surface area contributed by atoms with Gasteiger partial charge in [0.15, 0.2) is 0 Å². The molecule has 0 N–H and O–H groups in total. The van der Waals surface area contributed by atoms with Crippen molar-refractivity contribution in [3.05, 3.63) is 36.5 Å². The maximum atomic E-state index is 12.5. The first-order chi connectivity index (χ1) is 10.7. The highest BCUT2D eigenvalue weighted by atomic mass is 16.6. The molecule has 0 spiro atoms. The van der Waals surface area contributed by atoms with E-state index in [9.17, 15) is 9.59 Å². The van der Waals surface area contributed by atoms with Crippen LogP contribution in [0.25, 0.3) is 10.9 Å². The summed E-state index contributed by atoms with van der Waals surface area (Å²) in [5.41, 5.74) is 1.06. The van der Waals surface area contributed by atoms with Gasteiger partial charge in [0.05, 0.1) is 6.04 Å². The van der Waals surface area contributed by atoms with Crippen molar-refractivity contribution in [2.24, 2.45) is 0 Å². The van der Waals surface area contributed by atoms with Crippen molar-refractivity contribution in [2.75, 3.05) is 26.2 Å². The number of para-hydroxylation sites is 1. The van der Waals surface area contributed by atoms with Gasteiger partial charge >= 0.3 is 6.09 Å². The Kier molecular flexibility index (Phi) is 3.03. The molecule has 1 aromatic heterocycles. The van der Waals surface area contributed by atoms with Crippen molar-refractivity contribution < 1.29 is 14.3 Å². The highest BCUT2D eigenvalue weighted by molar-refractivity contribution is 5.83. The Hall–Kier alpha value is -2.50. The van der Waals surface area contributed by atoms with Crippen molar-refractivity contribution in [2.45, 2.75) is 12.6 Å². The lowest BCUT2D eigenvalue weighted by molar-refractivity contribution is -0.133. The van der Waals surface area contributed by atoms with Crippen molar-refractivity contribution in [1.82, 2.24) is 14.4 Å². The zero-order chi connectivity index (χ0) is 15.1. The molecule has 6 nitrogen and oxygen atoms in total. The van der Waals surface area contributed by atoms with Gasteiger partial charge in [-0.25, -0.2) is 4.79 Å². The van der Waals surface area contributed by atoms with E-state index in [0.29, 0.717) is 32.8 Å². The topological polar surface area (TPSA) is 54.8 Å². The first kappa shape index (κ1) is 13.2. The molecule has 0 saturated carbocycles. The van der Waals surface area contributed by atoms with E-state index < -0.39 is 0 Å². The minimum atomic E-state index is -0.256. The SMILES string of the molecule is O=C(Cn1ccc2ccccc21)N1CCN2C(=O)OC[C@H]2C1. The highest BCUT2D eigenvalue weighted by Gasteiger charge is 2.38. The summed E-state index contributed by atoms with van der Waals surface area (Å²) >= 11 is 0. The van der Waals surface area contributed by atoms with Gasteiger partial charge in [-0.05, 0) is 17.5 Å². The normalized spacial score (nSPS) is 21.1. The molecule has 1 atom stereocenters. The molecule has 22 heavy (non-hydrogen) atoms. The molecule has 2 aliphatic rings. The number of aromatic nitrogens is 1. The number of amides is 2. The summed E-state index contributed by atoms with van der Waals surface area (Å²) in [4.78, 5) is 27.6. The lowest BCUT2D eigenvalue weighted by Crippen LogP contribution is -2.54. The molecule has 3 heterocycles. The van der Waals surface area contributed by atoms with Crippen molar-refractivity contribution in [1.29, 1.82) is 0 Å². The molecule has 2 amide bonds. The van der Waals surface area contributed by atoms with Crippen LogP contribution in [-0.2, 0) is 16.1 Å². The van der Waals surface area contributed by atoms with Gasteiger partial charge in [0, 0.05) is 31.3 Å². The predicted octanol–water partition coefficient (Wildman–Crippen LogP) is 1.30. The standard InChI is InChI=1S/C16H17N3O3/c20-15(10-17-6-5-12-3-1-2-4-14(12)17)18-7-8-19-13(9-18)11-22-16(19)21/h1-6,13H,7-11H2/t13-/m1/s1. The molecule has 2 aliphatic heterocycles. The number of ether oxygens (including phenoxy) is 1. The number of nitrogens with zero attached hydrogens (tertiary/aromatic N) is 3. The number of benzene rings is 1. The van der Waals surface area contributed by atoms with Crippen LogP contribution in [-0.4, -0.2) is 58.7 Å². The number of carbonyl (C=O) groups is 2. The number of hydrogen-bond acceptors (Lipinski definition) is 3. The number of hydrogen-bond donors (Lipinski definition) is 0. The Morgan fingerprint density at radius 3 is 3.00 bits per heavy atom. The molecule has 6 heteroatoms. The average Bonchev–Trinajstić information content (AvgIpc) is 3.12. The number of fused-ring (bicyclic) bond motifs is 2. The smallest absolute Gasteiger partial charge is 0.410 e. The molecule has 2 aromatic rings. The Morgan fingerprint density at radius 1 is 1.23 bits per heavy atom. The fourth-order valence-corrected chi connectivity index (χ4v) is 3.24. The van der Waals surface area contributed by atoms with E-state index in [4.69, 9.17) is 4.74 Å². The zero-order valence-electron chi connectivity index (χ0n) is 12.1. The van der Waals surface area contributed by atoms with E-state index in [1.807, 2.05) is 46.0 Å². The van der Waals surface area contributed by atoms with Gasteiger partial charge < -0.3 is 14.2 Å². The third-order valence-corrected chi connectivity index (χ3v) is 4.45. The average molecular weight is 299 g/mol. The Balaban J connectivity index is 1.47. The summed E-state index contributed by atoms with van der Waals surface area (Å²) in [6.07, 6.45) is 1.69. The molecule has 0 radical (unpaired) electrons. The first-order valence-corrected chi connectivity index (χ1v) is 7.47. The van der Waals surface area contributed by atoms with Crippen LogP contribution < -0.4 is 0 Å². The van der Waals surface area contributed by atoms with Crippen LogP contribution in [0.15, 0.2) is 36.5 Å². The number of piperazine rings is 1. The second-order valence-corrected chi connectivity index (χ2v) is 5.77. The van der Waals surface area contributed by atoms with Crippen LogP contribution in [0.5, 0.6) is 0 Å². The molecular weight excluding hydrogens is 282 g/mol. The maximum Gasteiger partial charge on any atom is 0.410 e. The second kappa shape index (κ2) is 5.05. The van der Waals surface area contributed by atoms with E-state index in [-0.39, 0.29) is 18.0 Å². The first-order valence-electron chi connectivity index (χ1n) is 7.47. The molecule has 1 aromatic carbocycles. The number of cyclic esters (lactones) is 1. The molecular formula is C16H17N3O3. The fourth-order valence-electron chi connectivity index (χ4n) is 3.24. The molecule has 2 saturated heterocycles. The van der Waals surface area contributed by atoms with Gasteiger partial charge in [0.25, 0.3) is 0 Å². The molecule has 0 bridgehead atoms.